The number of aliphatic hydroxyl groups is 1. The molecular weight excluding hydrogens is 476 g/mol. The first-order valence-electron chi connectivity index (χ1n) is 15.3. The van der Waals surface area contributed by atoms with E-state index in [1.165, 1.54) is 69.9 Å². The zero-order valence-corrected chi connectivity index (χ0v) is 23.2. The van der Waals surface area contributed by atoms with Crippen LogP contribution in [0.2, 0.25) is 0 Å². The molecule has 7 heteroatoms. The van der Waals surface area contributed by atoms with Gasteiger partial charge in [0.2, 0.25) is 0 Å². The van der Waals surface area contributed by atoms with E-state index in [2.05, 4.69) is 22.3 Å². The average molecular weight is 523 g/mol. The highest BCUT2D eigenvalue weighted by atomic mass is 16.3. The topological polar surface area (TPSA) is 76.1 Å². The summed E-state index contributed by atoms with van der Waals surface area (Å²) in [5.41, 5.74) is 1.14. The van der Waals surface area contributed by atoms with E-state index in [-0.39, 0.29) is 17.9 Å². The number of hydrogen-bond acceptors (Lipinski definition) is 5. The van der Waals surface area contributed by atoms with Gasteiger partial charge in [0.1, 0.15) is 5.60 Å². The quantitative estimate of drug-likeness (QED) is 0.629. The third-order valence-corrected chi connectivity index (χ3v) is 10.3. The molecule has 3 aliphatic heterocycles. The number of rotatable bonds is 3. The first-order chi connectivity index (χ1) is 18.4. The lowest BCUT2D eigenvalue weighted by Crippen LogP contribution is -2.62. The van der Waals surface area contributed by atoms with Gasteiger partial charge in [0, 0.05) is 61.6 Å². The maximum absolute atomic E-state index is 13.3. The molecule has 3 heterocycles. The van der Waals surface area contributed by atoms with E-state index in [1.807, 2.05) is 24.0 Å². The summed E-state index contributed by atoms with van der Waals surface area (Å²) in [7, 11) is 0. The number of amides is 2. The highest BCUT2D eigenvalue weighted by Crippen LogP contribution is 2.40. The number of carbonyl (C=O) groups excluding carboxylic acids is 2. The average Bonchev–Trinajstić information content (AvgIpc) is 3.68. The van der Waals surface area contributed by atoms with Crippen molar-refractivity contribution in [3.63, 3.8) is 0 Å². The lowest BCUT2D eigenvalue weighted by atomic mass is 9.72. The Morgan fingerprint density at radius 2 is 1.58 bits per heavy atom. The summed E-state index contributed by atoms with van der Waals surface area (Å²) in [6, 6.07) is 8.66. The SMILES string of the molecule is C[C@H]1CN(C(=O)c2ccc(N3CCC4CCC5(CCCCCCC5)NC4C3)cc2)CCN1C(=O)C1(O)CC1. The number of fused-ring (bicyclic) bond motifs is 1. The van der Waals surface area contributed by atoms with E-state index in [0.29, 0.717) is 49.6 Å². The van der Waals surface area contributed by atoms with Gasteiger partial charge in [-0.15, -0.1) is 0 Å². The number of piperazine rings is 1. The summed E-state index contributed by atoms with van der Waals surface area (Å²) >= 11 is 0. The van der Waals surface area contributed by atoms with Crippen LogP contribution in [0.5, 0.6) is 0 Å². The minimum absolute atomic E-state index is 0.0273. The summed E-state index contributed by atoms with van der Waals surface area (Å²) in [6.45, 7) is 5.61. The predicted octanol–water partition coefficient (Wildman–Crippen LogP) is 3.95. The van der Waals surface area contributed by atoms with Crippen molar-refractivity contribution in [2.24, 2.45) is 5.92 Å². The molecule has 2 N–H and O–H groups in total. The fraction of sp³-hybridized carbons (Fsp3) is 0.742. The summed E-state index contributed by atoms with van der Waals surface area (Å²) in [4.78, 5) is 32.0. The van der Waals surface area contributed by atoms with Gasteiger partial charge in [0.25, 0.3) is 11.8 Å². The Hall–Kier alpha value is -2.12. The second kappa shape index (κ2) is 10.5. The lowest BCUT2D eigenvalue weighted by molar-refractivity contribution is -0.146. The molecule has 3 saturated heterocycles. The summed E-state index contributed by atoms with van der Waals surface area (Å²) in [5, 5.41) is 14.4. The van der Waals surface area contributed by atoms with Crippen LogP contribution in [-0.2, 0) is 4.79 Å². The van der Waals surface area contributed by atoms with E-state index in [1.54, 1.807) is 4.90 Å². The van der Waals surface area contributed by atoms with Gasteiger partial charge in [0.05, 0.1) is 0 Å². The van der Waals surface area contributed by atoms with Crippen molar-refractivity contribution in [2.45, 2.75) is 107 Å². The van der Waals surface area contributed by atoms with Crippen LogP contribution in [0.3, 0.4) is 0 Å². The van der Waals surface area contributed by atoms with Crippen molar-refractivity contribution < 1.29 is 14.7 Å². The second-order valence-corrected chi connectivity index (χ2v) is 13.0. The van der Waals surface area contributed by atoms with Gasteiger partial charge in [-0.2, -0.15) is 0 Å². The monoisotopic (exact) mass is 522 g/mol. The molecule has 0 aromatic heterocycles. The van der Waals surface area contributed by atoms with Gasteiger partial charge in [-0.25, -0.2) is 0 Å². The Balaban J connectivity index is 1.06. The molecule has 2 unspecified atom stereocenters. The summed E-state index contributed by atoms with van der Waals surface area (Å²) in [6.07, 6.45) is 14.7. The van der Waals surface area contributed by atoms with Gasteiger partial charge < -0.3 is 25.1 Å². The summed E-state index contributed by atoms with van der Waals surface area (Å²) in [5.74, 6) is 0.647. The maximum Gasteiger partial charge on any atom is 0.254 e. The van der Waals surface area contributed by atoms with Gasteiger partial charge in [-0.05, 0) is 82.1 Å². The van der Waals surface area contributed by atoms with Crippen LogP contribution >= 0.6 is 0 Å². The van der Waals surface area contributed by atoms with Crippen LogP contribution in [-0.4, -0.2) is 82.7 Å². The van der Waals surface area contributed by atoms with Gasteiger partial charge in [-0.1, -0.05) is 32.1 Å². The highest BCUT2D eigenvalue weighted by molar-refractivity contribution is 5.95. The molecule has 7 nitrogen and oxygen atoms in total. The molecule has 5 aliphatic rings. The third-order valence-electron chi connectivity index (χ3n) is 10.3. The van der Waals surface area contributed by atoms with Crippen molar-refractivity contribution in [2.75, 3.05) is 37.6 Å². The molecule has 6 rings (SSSR count). The smallest absolute Gasteiger partial charge is 0.254 e. The zero-order chi connectivity index (χ0) is 26.3. The Morgan fingerprint density at radius 1 is 0.868 bits per heavy atom. The van der Waals surface area contributed by atoms with Gasteiger partial charge >= 0.3 is 0 Å². The van der Waals surface area contributed by atoms with Gasteiger partial charge in [0.15, 0.2) is 0 Å². The van der Waals surface area contributed by atoms with Crippen LogP contribution in [0.1, 0.15) is 94.3 Å². The highest BCUT2D eigenvalue weighted by Gasteiger charge is 2.51. The molecule has 5 fully saturated rings. The van der Waals surface area contributed by atoms with Crippen molar-refractivity contribution in [1.29, 1.82) is 0 Å². The van der Waals surface area contributed by atoms with E-state index in [4.69, 9.17) is 0 Å². The Bertz CT molecular complexity index is 1010. The molecule has 1 spiro atoms. The molecule has 2 saturated carbocycles. The Labute approximate surface area is 227 Å². The first-order valence-corrected chi connectivity index (χ1v) is 15.3. The maximum atomic E-state index is 13.3. The van der Waals surface area contributed by atoms with Crippen LogP contribution in [0.15, 0.2) is 24.3 Å². The van der Waals surface area contributed by atoms with Gasteiger partial charge in [-0.3, -0.25) is 9.59 Å². The molecule has 2 aliphatic carbocycles. The lowest BCUT2D eigenvalue weighted by Gasteiger charge is -2.51. The fourth-order valence-corrected chi connectivity index (χ4v) is 7.69. The minimum Gasteiger partial charge on any atom is -0.380 e. The third kappa shape index (κ3) is 5.21. The molecule has 1 aromatic carbocycles. The molecule has 38 heavy (non-hydrogen) atoms. The zero-order valence-electron chi connectivity index (χ0n) is 23.2. The fourth-order valence-electron chi connectivity index (χ4n) is 7.69. The Morgan fingerprint density at radius 3 is 2.26 bits per heavy atom. The van der Waals surface area contributed by atoms with Crippen molar-refractivity contribution in [3.05, 3.63) is 29.8 Å². The number of nitrogens with one attached hydrogen (secondary N) is 1. The van der Waals surface area contributed by atoms with Crippen molar-refractivity contribution in [1.82, 2.24) is 15.1 Å². The number of nitrogens with zero attached hydrogens (tertiary/aromatic N) is 3. The summed E-state index contributed by atoms with van der Waals surface area (Å²) < 4.78 is 0. The molecule has 2 amide bonds. The molecule has 1 aromatic rings. The number of piperidine rings is 2. The molecule has 0 bridgehead atoms. The van der Waals surface area contributed by atoms with Crippen LogP contribution in [0, 0.1) is 5.92 Å². The number of carbonyl (C=O) groups is 2. The second-order valence-electron chi connectivity index (χ2n) is 13.0. The van der Waals surface area contributed by atoms with E-state index in [9.17, 15) is 14.7 Å². The molecule has 208 valence electrons. The Kier molecular flexibility index (Phi) is 7.19. The molecule has 3 atom stereocenters. The number of benzene rings is 1. The van der Waals surface area contributed by atoms with Crippen LogP contribution in [0.4, 0.5) is 5.69 Å². The number of anilines is 1. The van der Waals surface area contributed by atoms with E-state index in [0.717, 1.165) is 19.0 Å². The minimum atomic E-state index is -1.15. The molecular formula is C31H46N4O3. The normalized spacial score (nSPS) is 30.8. The largest absolute Gasteiger partial charge is 0.380 e. The number of hydrogen-bond donors (Lipinski definition) is 2. The molecule has 0 radical (unpaired) electrons. The van der Waals surface area contributed by atoms with Crippen molar-refractivity contribution in [3.8, 4) is 0 Å². The first kappa shape index (κ1) is 26.1. The van der Waals surface area contributed by atoms with E-state index >= 15 is 0 Å². The predicted molar refractivity (Wildman–Crippen MR) is 149 cm³/mol. The van der Waals surface area contributed by atoms with Crippen LogP contribution in [0.25, 0.3) is 0 Å². The van der Waals surface area contributed by atoms with E-state index < -0.39 is 5.60 Å². The van der Waals surface area contributed by atoms with Crippen LogP contribution < -0.4 is 10.2 Å². The standard InChI is InChI=1S/C31H46N4O3/c1-23-21-34(19-20-35(23)29(37)31(38)16-17-31)28(36)25-7-9-26(10-8-25)33-18-12-24-11-15-30(32-27(24)22-33)13-5-3-2-4-6-14-30/h7-10,23-24,27,32,38H,2-6,11-22H2,1H3/t23-,24?,27?/m0/s1. The van der Waals surface area contributed by atoms with Crippen molar-refractivity contribution >= 4 is 17.5 Å².